The molecule has 240 valence electrons. The van der Waals surface area contributed by atoms with Crippen molar-refractivity contribution >= 4 is 35.5 Å². The van der Waals surface area contributed by atoms with E-state index >= 15 is 0 Å². The highest BCUT2D eigenvalue weighted by molar-refractivity contribution is 5.98. The van der Waals surface area contributed by atoms with Crippen LogP contribution >= 0.6 is 0 Å². The van der Waals surface area contributed by atoms with E-state index in [1.54, 1.807) is 38.1 Å². The first kappa shape index (κ1) is 34.1. The van der Waals surface area contributed by atoms with Gasteiger partial charge in [-0.15, -0.1) is 0 Å². The lowest BCUT2D eigenvalue weighted by Crippen LogP contribution is -2.48. The molecule has 0 bridgehead atoms. The number of aliphatic imine (C=N–C) groups is 1. The van der Waals surface area contributed by atoms with Crippen LogP contribution in [0, 0.1) is 5.92 Å². The van der Waals surface area contributed by atoms with Gasteiger partial charge in [0, 0.05) is 13.1 Å². The Morgan fingerprint density at radius 2 is 2.00 bits per heavy atom. The van der Waals surface area contributed by atoms with Gasteiger partial charge in [0.25, 0.3) is 0 Å². The number of allylic oxidation sites excluding steroid dienone is 1. The predicted octanol–water partition coefficient (Wildman–Crippen LogP) is 1.24. The number of hydrogen-bond donors (Lipinski definition) is 5. The lowest BCUT2D eigenvalue weighted by Gasteiger charge is -2.25. The first-order valence-electron chi connectivity index (χ1n) is 15.1. The minimum atomic E-state index is -1.00. The van der Waals surface area contributed by atoms with Crippen molar-refractivity contribution in [1.82, 2.24) is 21.3 Å². The molecule has 4 unspecified atom stereocenters. The first-order valence-corrected chi connectivity index (χ1v) is 15.1. The van der Waals surface area contributed by atoms with E-state index in [0.717, 1.165) is 12.8 Å². The molecule has 0 radical (unpaired) electrons. The van der Waals surface area contributed by atoms with Gasteiger partial charge in [-0.3, -0.25) is 24.2 Å². The number of nitrogens with zero attached hydrogens (tertiary/aromatic N) is 1. The molecule has 3 rings (SSSR count). The number of rotatable bonds is 14. The molecule has 2 heterocycles. The third kappa shape index (κ3) is 11.0. The number of carbonyl (C=O) groups excluding carboxylic acids is 5. The van der Waals surface area contributed by atoms with Crippen molar-refractivity contribution in [3.8, 4) is 5.75 Å². The van der Waals surface area contributed by atoms with Crippen LogP contribution in [0.15, 0.2) is 41.4 Å². The van der Waals surface area contributed by atoms with Crippen LogP contribution in [0.5, 0.6) is 5.75 Å². The van der Waals surface area contributed by atoms with Gasteiger partial charge in [0.2, 0.25) is 29.5 Å². The van der Waals surface area contributed by atoms with Gasteiger partial charge in [0.1, 0.15) is 30.5 Å². The van der Waals surface area contributed by atoms with Gasteiger partial charge in [-0.05, 0) is 70.6 Å². The van der Waals surface area contributed by atoms with Gasteiger partial charge in [0.15, 0.2) is 0 Å². The fraction of sp³-hybridized carbons (Fsp3) is 0.548. The van der Waals surface area contributed by atoms with Crippen LogP contribution in [0.3, 0.4) is 0 Å². The number of para-hydroxylation sites is 1. The summed E-state index contributed by atoms with van der Waals surface area (Å²) in [7, 11) is 0. The predicted molar refractivity (Wildman–Crippen MR) is 162 cm³/mol. The standard InChI is InChI=1S/C31H43N5O8/c1-3-10-26(38)32-15-8-7-13-24(31(42)44-20(2)17-27(39)35-23-12-6-9-16-33-29(23)41)36-28(40)21-18-34-30(43-19-21)22-11-4-5-14-25(22)37/h3-5,10-11,14,20-21,23-24,37H,6-9,12-13,15-19H2,1-2H3,(H,32,38)(H,33,41)(H,35,39)(H,36,40)/b10-3-. The molecule has 5 N–H and O–H groups in total. The van der Waals surface area contributed by atoms with Crippen molar-refractivity contribution in [3.63, 3.8) is 0 Å². The van der Waals surface area contributed by atoms with E-state index < -0.39 is 41.9 Å². The van der Waals surface area contributed by atoms with E-state index in [-0.39, 0.29) is 49.5 Å². The zero-order chi connectivity index (χ0) is 31.9. The Bertz CT molecular complexity index is 1230. The second kappa shape index (κ2) is 17.6. The maximum absolute atomic E-state index is 13.2. The highest BCUT2D eigenvalue weighted by Crippen LogP contribution is 2.20. The second-order valence-electron chi connectivity index (χ2n) is 10.9. The van der Waals surface area contributed by atoms with Gasteiger partial charge < -0.3 is 35.8 Å². The summed E-state index contributed by atoms with van der Waals surface area (Å²) in [6.07, 6.45) is 5.59. The molecule has 2 aliphatic heterocycles. The summed E-state index contributed by atoms with van der Waals surface area (Å²) in [5.41, 5.74) is 0.423. The summed E-state index contributed by atoms with van der Waals surface area (Å²) in [6.45, 7) is 4.38. The molecule has 0 spiro atoms. The van der Waals surface area contributed by atoms with Crippen LogP contribution in [0.1, 0.15) is 64.4 Å². The number of unbranched alkanes of at least 4 members (excludes halogenated alkanes) is 1. The monoisotopic (exact) mass is 613 g/mol. The second-order valence-corrected chi connectivity index (χ2v) is 10.9. The maximum Gasteiger partial charge on any atom is 0.328 e. The van der Waals surface area contributed by atoms with Crippen molar-refractivity contribution in [2.45, 2.75) is 77.0 Å². The third-order valence-corrected chi connectivity index (χ3v) is 7.18. The van der Waals surface area contributed by atoms with Crippen LogP contribution in [-0.4, -0.2) is 85.0 Å². The lowest BCUT2D eigenvalue weighted by atomic mass is 10.1. The molecule has 44 heavy (non-hydrogen) atoms. The number of phenols is 1. The number of esters is 1. The van der Waals surface area contributed by atoms with E-state index in [4.69, 9.17) is 9.47 Å². The van der Waals surface area contributed by atoms with Crippen LogP contribution in [-0.2, 0) is 33.4 Å². The zero-order valence-electron chi connectivity index (χ0n) is 25.3. The Labute approximate surface area is 257 Å². The molecule has 4 amide bonds. The quantitative estimate of drug-likeness (QED) is 0.118. The summed E-state index contributed by atoms with van der Waals surface area (Å²) in [5.74, 6) is -2.43. The topological polar surface area (TPSA) is 185 Å². The Morgan fingerprint density at radius 3 is 2.73 bits per heavy atom. The molecule has 0 saturated carbocycles. The molecule has 1 aromatic rings. The Balaban J connectivity index is 1.56. The number of aromatic hydroxyl groups is 1. The number of hydrogen-bond acceptors (Lipinski definition) is 9. The van der Waals surface area contributed by atoms with Crippen LogP contribution in [0.2, 0.25) is 0 Å². The Hall–Kier alpha value is -4.42. The SMILES string of the molecule is C/C=C\C(=O)NCCCCC(NC(=O)C1CN=C(c2ccccc2O)OC1)C(=O)OC(C)CC(=O)NC1CCCCNC1=O. The number of ether oxygens (including phenoxy) is 2. The number of amides is 4. The summed E-state index contributed by atoms with van der Waals surface area (Å²) < 4.78 is 11.2. The van der Waals surface area contributed by atoms with Crippen molar-refractivity contribution in [3.05, 3.63) is 42.0 Å². The lowest BCUT2D eigenvalue weighted by molar-refractivity contribution is -0.154. The zero-order valence-corrected chi connectivity index (χ0v) is 25.3. The molecule has 0 aromatic heterocycles. The Kier molecular flexibility index (Phi) is 13.7. The molecule has 1 aromatic carbocycles. The molecule has 2 aliphatic rings. The molecule has 13 heteroatoms. The normalized spacial score (nSPS) is 19.8. The van der Waals surface area contributed by atoms with Gasteiger partial charge in [-0.1, -0.05) is 18.2 Å². The Morgan fingerprint density at radius 1 is 1.20 bits per heavy atom. The molecule has 13 nitrogen and oxygen atoms in total. The number of nitrogens with one attached hydrogen (secondary N) is 4. The molecule has 4 atom stereocenters. The van der Waals surface area contributed by atoms with Crippen LogP contribution < -0.4 is 21.3 Å². The van der Waals surface area contributed by atoms with Gasteiger partial charge in [0.05, 0.1) is 24.4 Å². The van der Waals surface area contributed by atoms with Gasteiger partial charge in [-0.2, -0.15) is 0 Å². The highest BCUT2D eigenvalue weighted by atomic mass is 16.5. The maximum atomic E-state index is 13.2. The minimum absolute atomic E-state index is 0.00304. The third-order valence-electron chi connectivity index (χ3n) is 7.18. The molecular formula is C31H43N5O8. The fourth-order valence-corrected chi connectivity index (χ4v) is 4.79. The van der Waals surface area contributed by atoms with Crippen LogP contribution in [0.4, 0.5) is 0 Å². The van der Waals surface area contributed by atoms with Gasteiger partial charge >= 0.3 is 5.97 Å². The summed E-state index contributed by atoms with van der Waals surface area (Å²) in [5, 5.41) is 21.0. The van der Waals surface area contributed by atoms with Crippen molar-refractivity contribution in [1.29, 1.82) is 0 Å². The fourth-order valence-electron chi connectivity index (χ4n) is 4.79. The number of benzene rings is 1. The van der Waals surface area contributed by atoms with E-state index in [9.17, 15) is 29.1 Å². The van der Waals surface area contributed by atoms with Gasteiger partial charge in [-0.25, -0.2) is 4.79 Å². The summed E-state index contributed by atoms with van der Waals surface area (Å²) >= 11 is 0. The average Bonchev–Trinajstić information content (AvgIpc) is 3.20. The largest absolute Gasteiger partial charge is 0.507 e. The first-order chi connectivity index (χ1) is 21.2. The number of phenolic OH excluding ortho intramolecular Hbond substituents is 1. The minimum Gasteiger partial charge on any atom is -0.507 e. The smallest absolute Gasteiger partial charge is 0.328 e. The van der Waals surface area contributed by atoms with E-state index in [0.29, 0.717) is 37.9 Å². The van der Waals surface area contributed by atoms with E-state index in [1.807, 2.05) is 0 Å². The molecule has 0 aliphatic carbocycles. The summed E-state index contributed by atoms with van der Waals surface area (Å²) in [6, 6.07) is 4.96. The molecular weight excluding hydrogens is 570 g/mol. The molecule has 1 saturated heterocycles. The number of carbonyl (C=O) groups is 5. The molecule has 1 fully saturated rings. The van der Waals surface area contributed by atoms with E-state index in [1.165, 1.54) is 12.1 Å². The average molecular weight is 614 g/mol. The van der Waals surface area contributed by atoms with E-state index in [2.05, 4.69) is 26.3 Å². The van der Waals surface area contributed by atoms with Crippen LogP contribution in [0.25, 0.3) is 0 Å². The van der Waals surface area contributed by atoms with Crippen molar-refractivity contribution in [2.24, 2.45) is 10.9 Å². The van der Waals surface area contributed by atoms with Crippen molar-refractivity contribution < 1.29 is 38.6 Å². The highest BCUT2D eigenvalue weighted by Gasteiger charge is 2.31. The summed E-state index contributed by atoms with van der Waals surface area (Å²) in [4.78, 5) is 67.0. The van der Waals surface area contributed by atoms with Crippen molar-refractivity contribution in [2.75, 3.05) is 26.2 Å².